The van der Waals surface area contributed by atoms with Crippen LogP contribution in [-0.2, 0) is 9.47 Å². The minimum atomic E-state index is -0.193. The largest absolute Gasteiger partial charge is 0.382 e. The van der Waals surface area contributed by atoms with E-state index in [1.54, 1.807) is 19.2 Å². The van der Waals surface area contributed by atoms with Crippen LogP contribution in [0.25, 0.3) is 0 Å². The van der Waals surface area contributed by atoms with Crippen LogP contribution in [0.1, 0.15) is 10.4 Å². The number of nitrogen functional groups attached to an aromatic ring is 1. The minimum absolute atomic E-state index is 0.193. The van der Waals surface area contributed by atoms with Crippen LogP contribution >= 0.6 is 0 Å². The Labute approximate surface area is 106 Å². The Morgan fingerprint density at radius 2 is 2.22 bits per heavy atom. The molecule has 0 atom stereocenters. The summed E-state index contributed by atoms with van der Waals surface area (Å²) in [6, 6.07) is 3.27. The van der Waals surface area contributed by atoms with Gasteiger partial charge in [-0.15, -0.1) is 0 Å². The van der Waals surface area contributed by atoms with Crippen molar-refractivity contribution < 1.29 is 14.3 Å². The number of nitrogens with zero attached hydrogens (tertiary/aromatic N) is 1. The smallest absolute Gasteiger partial charge is 0.252 e. The molecule has 0 saturated carbocycles. The monoisotopic (exact) mass is 254 g/mol. The molecule has 4 N–H and O–H groups in total. The highest BCUT2D eigenvalue weighted by Gasteiger charge is 2.04. The van der Waals surface area contributed by atoms with Crippen LogP contribution in [0.4, 0.5) is 5.82 Å². The fourth-order valence-electron chi connectivity index (χ4n) is 1.20. The lowest BCUT2D eigenvalue weighted by Crippen LogP contribution is -2.27. The Bertz CT molecular complexity index is 356. The van der Waals surface area contributed by atoms with Gasteiger partial charge in [-0.3, -0.25) is 4.79 Å². The molecule has 0 saturated heterocycles. The molecule has 18 heavy (non-hydrogen) atoms. The van der Waals surface area contributed by atoms with Crippen molar-refractivity contribution in [3.05, 3.63) is 23.9 Å². The molecule has 0 bridgehead atoms. The molecular formula is C11H18N4O3. The predicted octanol–water partition coefficient (Wildman–Crippen LogP) is -0.240. The maximum atomic E-state index is 11.7. The number of hydrazine groups is 1. The standard InChI is InChI=1S/C11H18N4O3/c1-17-6-7-18-5-4-13-11(16)9-2-3-10(15-12)14-8-9/h2-3,8H,4-7,12H2,1H3,(H,13,16)(H,14,15). The SMILES string of the molecule is COCCOCCNC(=O)c1ccc(NN)nc1. The summed E-state index contributed by atoms with van der Waals surface area (Å²) in [5.74, 6) is 5.49. The first-order valence-corrected chi connectivity index (χ1v) is 5.55. The summed E-state index contributed by atoms with van der Waals surface area (Å²) >= 11 is 0. The zero-order valence-corrected chi connectivity index (χ0v) is 10.3. The number of anilines is 1. The van der Waals surface area contributed by atoms with Crippen molar-refractivity contribution in [3.63, 3.8) is 0 Å². The van der Waals surface area contributed by atoms with Gasteiger partial charge in [0.05, 0.1) is 25.4 Å². The van der Waals surface area contributed by atoms with E-state index in [1.807, 2.05) is 0 Å². The average molecular weight is 254 g/mol. The first-order valence-electron chi connectivity index (χ1n) is 5.55. The number of hydrogen-bond donors (Lipinski definition) is 3. The molecule has 0 fully saturated rings. The van der Waals surface area contributed by atoms with Crippen LogP contribution in [-0.4, -0.2) is 44.4 Å². The molecule has 7 nitrogen and oxygen atoms in total. The number of pyridine rings is 1. The number of aromatic nitrogens is 1. The summed E-state index contributed by atoms with van der Waals surface area (Å²) in [4.78, 5) is 15.6. The molecule has 1 aromatic rings. The predicted molar refractivity (Wildman–Crippen MR) is 67.1 cm³/mol. The minimum Gasteiger partial charge on any atom is -0.382 e. The third-order valence-electron chi connectivity index (χ3n) is 2.14. The summed E-state index contributed by atoms with van der Waals surface area (Å²) < 4.78 is 10.0. The molecule has 0 aromatic carbocycles. The van der Waals surface area contributed by atoms with Gasteiger partial charge in [-0.25, -0.2) is 10.8 Å². The van der Waals surface area contributed by atoms with Gasteiger partial charge in [0.25, 0.3) is 5.91 Å². The maximum Gasteiger partial charge on any atom is 0.252 e. The highest BCUT2D eigenvalue weighted by atomic mass is 16.5. The normalized spacial score (nSPS) is 10.1. The molecule has 0 aliphatic heterocycles. The fourth-order valence-corrected chi connectivity index (χ4v) is 1.20. The van der Waals surface area contributed by atoms with Crippen LogP contribution in [0, 0.1) is 0 Å². The van der Waals surface area contributed by atoms with E-state index >= 15 is 0 Å². The molecule has 1 heterocycles. The molecule has 7 heteroatoms. The van der Waals surface area contributed by atoms with Crippen molar-refractivity contribution in [2.45, 2.75) is 0 Å². The first-order chi connectivity index (χ1) is 8.77. The van der Waals surface area contributed by atoms with E-state index in [4.69, 9.17) is 15.3 Å². The summed E-state index contributed by atoms with van der Waals surface area (Å²) in [5, 5.41) is 2.72. The number of nitrogens with one attached hydrogen (secondary N) is 2. The van der Waals surface area contributed by atoms with Crippen LogP contribution in [0.3, 0.4) is 0 Å². The van der Waals surface area contributed by atoms with Crippen LogP contribution < -0.4 is 16.6 Å². The maximum absolute atomic E-state index is 11.7. The molecule has 0 aliphatic rings. The van der Waals surface area contributed by atoms with Gasteiger partial charge in [0.15, 0.2) is 0 Å². The second-order valence-electron chi connectivity index (χ2n) is 3.44. The Balaban J connectivity index is 2.23. The Kier molecular flexibility index (Phi) is 6.70. The summed E-state index contributed by atoms with van der Waals surface area (Å²) in [6.07, 6.45) is 1.45. The van der Waals surface area contributed by atoms with Crippen LogP contribution in [0.5, 0.6) is 0 Å². The van der Waals surface area contributed by atoms with Gasteiger partial charge in [0.2, 0.25) is 0 Å². The Hall–Kier alpha value is -1.70. The van der Waals surface area contributed by atoms with E-state index in [-0.39, 0.29) is 5.91 Å². The van der Waals surface area contributed by atoms with Crippen molar-refractivity contribution in [2.75, 3.05) is 38.9 Å². The van der Waals surface area contributed by atoms with Crippen LogP contribution in [0.2, 0.25) is 0 Å². The van der Waals surface area contributed by atoms with Crippen molar-refractivity contribution >= 4 is 11.7 Å². The quantitative estimate of drug-likeness (QED) is 0.336. The number of methoxy groups -OCH3 is 1. The lowest BCUT2D eigenvalue weighted by molar-refractivity contribution is 0.0692. The van der Waals surface area contributed by atoms with Crippen molar-refractivity contribution in [3.8, 4) is 0 Å². The zero-order chi connectivity index (χ0) is 13.2. The van der Waals surface area contributed by atoms with Crippen molar-refractivity contribution in [2.24, 2.45) is 5.84 Å². The number of nitrogens with two attached hydrogens (primary N) is 1. The van der Waals surface area contributed by atoms with E-state index in [1.165, 1.54) is 6.20 Å². The Morgan fingerprint density at radius 1 is 1.39 bits per heavy atom. The molecule has 1 rings (SSSR count). The zero-order valence-electron chi connectivity index (χ0n) is 10.3. The highest BCUT2D eigenvalue weighted by Crippen LogP contribution is 2.02. The molecule has 0 aliphatic carbocycles. The molecule has 0 radical (unpaired) electrons. The average Bonchev–Trinajstić information content (AvgIpc) is 2.42. The van der Waals surface area contributed by atoms with Crippen molar-refractivity contribution in [1.29, 1.82) is 0 Å². The van der Waals surface area contributed by atoms with Crippen LogP contribution in [0.15, 0.2) is 18.3 Å². The lowest BCUT2D eigenvalue weighted by atomic mass is 10.2. The van der Waals surface area contributed by atoms with E-state index in [0.29, 0.717) is 37.7 Å². The highest BCUT2D eigenvalue weighted by molar-refractivity contribution is 5.93. The van der Waals surface area contributed by atoms with Gasteiger partial charge in [0.1, 0.15) is 5.82 Å². The molecule has 1 amide bonds. The molecule has 0 unspecified atom stereocenters. The number of rotatable bonds is 8. The van der Waals surface area contributed by atoms with E-state index in [2.05, 4.69) is 15.7 Å². The van der Waals surface area contributed by atoms with E-state index < -0.39 is 0 Å². The summed E-state index contributed by atoms with van der Waals surface area (Å²) in [6.45, 7) is 1.96. The van der Waals surface area contributed by atoms with Gasteiger partial charge < -0.3 is 20.2 Å². The summed E-state index contributed by atoms with van der Waals surface area (Å²) in [5.41, 5.74) is 2.87. The Morgan fingerprint density at radius 3 is 2.83 bits per heavy atom. The number of amides is 1. The lowest BCUT2D eigenvalue weighted by Gasteiger charge is -2.06. The first kappa shape index (κ1) is 14.4. The van der Waals surface area contributed by atoms with E-state index in [9.17, 15) is 4.79 Å². The third kappa shape index (κ3) is 5.09. The van der Waals surface area contributed by atoms with Gasteiger partial charge >= 0.3 is 0 Å². The molecule has 100 valence electrons. The fraction of sp³-hybridized carbons (Fsp3) is 0.455. The summed E-state index contributed by atoms with van der Waals surface area (Å²) in [7, 11) is 1.61. The number of hydrogen-bond acceptors (Lipinski definition) is 6. The topological polar surface area (TPSA) is 98.5 Å². The van der Waals surface area contributed by atoms with Gasteiger partial charge in [-0.2, -0.15) is 0 Å². The van der Waals surface area contributed by atoms with E-state index in [0.717, 1.165) is 0 Å². The molecule has 1 aromatic heterocycles. The number of carbonyl (C=O) groups excluding carboxylic acids is 1. The molecule has 0 spiro atoms. The molecular weight excluding hydrogens is 236 g/mol. The number of ether oxygens (including phenoxy) is 2. The second kappa shape index (κ2) is 8.40. The van der Waals surface area contributed by atoms with Gasteiger partial charge in [0, 0.05) is 19.9 Å². The van der Waals surface area contributed by atoms with Crippen molar-refractivity contribution in [1.82, 2.24) is 10.3 Å². The van der Waals surface area contributed by atoms with Gasteiger partial charge in [-0.1, -0.05) is 0 Å². The third-order valence-corrected chi connectivity index (χ3v) is 2.14. The second-order valence-corrected chi connectivity index (χ2v) is 3.44. The van der Waals surface area contributed by atoms with Gasteiger partial charge in [-0.05, 0) is 12.1 Å². The number of carbonyl (C=O) groups is 1.